The molecule has 0 aromatic heterocycles. The summed E-state index contributed by atoms with van der Waals surface area (Å²) in [5, 5.41) is 0. The Bertz CT molecular complexity index is 349. The molecule has 0 radical (unpaired) electrons. The molecule has 1 heterocycles. The van der Waals surface area contributed by atoms with Crippen molar-refractivity contribution in [2.75, 3.05) is 6.61 Å². The zero-order valence-electron chi connectivity index (χ0n) is 9.52. The van der Waals surface area contributed by atoms with Crippen LogP contribution in [0, 0.1) is 0 Å². The number of ether oxygens (including phenoxy) is 2. The fourth-order valence-electron chi connectivity index (χ4n) is 2.66. The van der Waals surface area contributed by atoms with Crippen molar-refractivity contribution >= 4 is 0 Å². The third-order valence-corrected chi connectivity index (χ3v) is 3.68. The molecule has 0 spiro atoms. The Hall–Kier alpha value is -0.860. The summed E-state index contributed by atoms with van der Waals surface area (Å²) in [5.41, 5.74) is 1.35. The minimum absolute atomic E-state index is 0.104. The van der Waals surface area contributed by atoms with E-state index in [-0.39, 0.29) is 5.60 Å². The molecular formula is C14H18O2. The SMILES string of the molecule is c1ccc(COCC23CCCCC2O3)cc1. The molecule has 1 aromatic carbocycles. The predicted octanol–water partition coefficient (Wildman–Crippen LogP) is 2.91. The van der Waals surface area contributed by atoms with Crippen molar-refractivity contribution in [3.8, 4) is 0 Å². The van der Waals surface area contributed by atoms with Gasteiger partial charge in [0.25, 0.3) is 0 Å². The average molecular weight is 218 g/mol. The molecule has 2 nitrogen and oxygen atoms in total. The second-order valence-corrected chi connectivity index (χ2v) is 4.90. The zero-order chi connectivity index (χ0) is 10.8. The molecule has 1 saturated heterocycles. The van der Waals surface area contributed by atoms with Crippen LogP contribution < -0.4 is 0 Å². The van der Waals surface area contributed by atoms with Crippen molar-refractivity contribution in [1.82, 2.24) is 0 Å². The summed E-state index contributed by atoms with van der Waals surface area (Å²) >= 11 is 0. The van der Waals surface area contributed by atoms with Crippen LogP contribution in [0.4, 0.5) is 0 Å². The molecule has 0 N–H and O–H groups in total. The van der Waals surface area contributed by atoms with Gasteiger partial charge in [0, 0.05) is 0 Å². The summed E-state index contributed by atoms with van der Waals surface area (Å²) in [6.45, 7) is 1.48. The zero-order valence-corrected chi connectivity index (χ0v) is 9.52. The molecule has 1 aliphatic heterocycles. The molecule has 16 heavy (non-hydrogen) atoms. The van der Waals surface area contributed by atoms with E-state index in [1.807, 2.05) is 18.2 Å². The number of epoxide rings is 1. The molecule has 2 aliphatic rings. The van der Waals surface area contributed by atoms with Gasteiger partial charge in [-0.2, -0.15) is 0 Å². The number of hydrogen-bond acceptors (Lipinski definition) is 2. The lowest BCUT2D eigenvalue weighted by molar-refractivity contribution is 0.0629. The Kier molecular flexibility index (Phi) is 2.70. The van der Waals surface area contributed by atoms with Gasteiger partial charge in [0.2, 0.25) is 0 Å². The van der Waals surface area contributed by atoms with E-state index in [0.29, 0.717) is 12.7 Å². The monoisotopic (exact) mass is 218 g/mol. The molecule has 1 aliphatic carbocycles. The van der Waals surface area contributed by atoms with Gasteiger partial charge in [-0.05, 0) is 18.4 Å². The Morgan fingerprint density at radius 3 is 2.94 bits per heavy atom. The van der Waals surface area contributed by atoms with E-state index in [1.165, 1.54) is 31.2 Å². The Morgan fingerprint density at radius 1 is 1.25 bits per heavy atom. The van der Waals surface area contributed by atoms with E-state index in [2.05, 4.69) is 12.1 Å². The van der Waals surface area contributed by atoms with Crippen LogP contribution in [0.25, 0.3) is 0 Å². The molecule has 2 fully saturated rings. The minimum Gasteiger partial charge on any atom is -0.374 e. The lowest BCUT2D eigenvalue weighted by atomic mass is 9.90. The first kappa shape index (κ1) is 10.3. The van der Waals surface area contributed by atoms with Crippen molar-refractivity contribution in [2.45, 2.75) is 44.0 Å². The van der Waals surface area contributed by atoms with Gasteiger partial charge in [-0.3, -0.25) is 0 Å². The number of hydrogen-bond donors (Lipinski definition) is 0. The quantitative estimate of drug-likeness (QED) is 0.725. The molecular weight excluding hydrogens is 200 g/mol. The summed E-state index contributed by atoms with van der Waals surface area (Å²) < 4.78 is 11.6. The molecule has 2 heteroatoms. The van der Waals surface area contributed by atoms with Crippen molar-refractivity contribution < 1.29 is 9.47 Å². The molecule has 0 amide bonds. The van der Waals surface area contributed by atoms with Crippen molar-refractivity contribution in [1.29, 1.82) is 0 Å². The standard InChI is InChI=1S/C14H18O2/c1-2-6-12(7-3-1)10-15-11-14-9-5-4-8-13(14)16-14/h1-3,6-7,13H,4-5,8-11H2. The normalized spacial score (nSPS) is 32.1. The van der Waals surface area contributed by atoms with E-state index in [1.54, 1.807) is 0 Å². The van der Waals surface area contributed by atoms with E-state index >= 15 is 0 Å². The Labute approximate surface area is 96.6 Å². The lowest BCUT2D eigenvalue weighted by Gasteiger charge is -2.17. The van der Waals surface area contributed by atoms with Crippen molar-refractivity contribution in [2.24, 2.45) is 0 Å². The van der Waals surface area contributed by atoms with Crippen LogP contribution in [0.2, 0.25) is 0 Å². The Morgan fingerprint density at radius 2 is 2.12 bits per heavy atom. The average Bonchev–Trinajstić information content (AvgIpc) is 3.05. The highest BCUT2D eigenvalue weighted by atomic mass is 16.6. The van der Waals surface area contributed by atoms with Crippen LogP contribution >= 0.6 is 0 Å². The maximum Gasteiger partial charge on any atom is 0.118 e. The third kappa shape index (κ3) is 2.00. The lowest BCUT2D eigenvalue weighted by Crippen LogP contribution is -2.25. The van der Waals surface area contributed by atoms with Crippen molar-refractivity contribution in [3.63, 3.8) is 0 Å². The summed E-state index contributed by atoms with van der Waals surface area (Å²) in [4.78, 5) is 0. The van der Waals surface area contributed by atoms with Gasteiger partial charge in [0.1, 0.15) is 5.60 Å². The Balaban J connectivity index is 1.47. The highest BCUT2D eigenvalue weighted by molar-refractivity contribution is 5.13. The summed E-state index contributed by atoms with van der Waals surface area (Å²) in [6, 6.07) is 10.3. The topological polar surface area (TPSA) is 21.8 Å². The molecule has 2 atom stereocenters. The number of rotatable bonds is 4. The summed E-state index contributed by atoms with van der Waals surface area (Å²) in [5.74, 6) is 0. The van der Waals surface area contributed by atoms with Gasteiger partial charge in [0.05, 0.1) is 19.3 Å². The van der Waals surface area contributed by atoms with Crippen molar-refractivity contribution in [3.05, 3.63) is 35.9 Å². The van der Waals surface area contributed by atoms with Gasteiger partial charge in [-0.1, -0.05) is 43.2 Å². The predicted molar refractivity (Wildman–Crippen MR) is 62.2 cm³/mol. The van der Waals surface area contributed by atoms with Gasteiger partial charge in [0.15, 0.2) is 0 Å². The molecule has 1 aromatic rings. The molecule has 2 unspecified atom stereocenters. The van der Waals surface area contributed by atoms with Crippen LogP contribution in [-0.4, -0.2) is 18.3 Å². The van der Waals surface area contributed by atoms with Crippen LogP contribution in [-0.2, 0) is 16.1 Å². The van der Waals surface area contributed by atoms with Gasteiger partial charge in [-0.15, -0.1) is 0 Å². The molecule has 0 bridgehead atoms. The highest BCUT2D eigenvalue weighted by Gasteiger charge is 2.57. The fraction of sp³-hybridized carbons (Fsp3) is 0.571. The van der Waals surface area contributed by atoms with Crippen LogP contribution in [0.15, 0.2) is 30.3 Å². The van der Waals surface area contributed by atoms with Crippen LogP contribution in [0.3, 0.4) is 0 Å². The molecule has 3 rings (SSSR count). The first-order valence-electron chi connectivity index (χ1n) is 6.19. The number of benzene rings is 1. The van der Waals surface area contributed by atoms with Gasteiger partial charge in [-0.25, -0.2) is 0 Å². The summed E-state index contributed by atoms with van der Waals surface area (Å²) in [7, 11) is 0. The second kappa shape index (κ2) is 4.19. The first-order valence-corrected chi connectivity index (χ1v) is 6.19. The van der Waals surface area contributed by atoms with Gasteiger partial charge < -0.3 is 9.47 Å². The maximum absolute atomic E-state index is 5.78. The highest BCUT2D eigenvalue weighted by Crippen LogP contribution is 2.47. The van der Waals surface area contributed by atoms with Gasteiger partial charge >= 0.3 is 0 Å². The second-order valence-electron chi connectivity index (χ2n) is 4.90. The minimum atomic E-state index is 0.104. The molecule has 86 valence electrons. The smallest absolute Gasteiger partial charge is 0.118 e. The fourth-order valence-corrected chi connectivity index (χ4v) is 2.66. The third-order valence-electron chi connectivity index (χ3n) is 3.68. The molecule has 1 saturated carbocycles. The van der Waals surface area contributed by atoms with E-state index in [9.17, 15) is 0 Å². The summed E-state index contributed by atoms with van der Waals surface area (Å²) in [6.07, 6.45) is 5.54. The largest absolute Gasteiger partial charge is 0.374 e. The van der Waals surface area contributed by atoms with Crippen LogP contribution in [0.5, 0.6) is 0 Å². The van der Waals surface area contributed by atoms with Crippen LogP contribution in [0.1, 0.15) is 31.2 Å². The van der Waals surface area contributed by atoms with E-state index < -0.39 is 0 Å². The van der Waals surface area contributed by atoms with E-state index in [0.717, 1.165) is 6.61 Å². The number of fused-ring (bicyclic) bond motifs is 1. The maximum atomic E-state index is 5.78. The first-order chi connectivity index (χ1) is 7.89. The van der Waals surface area contributed by atoms with E-state index in [4.69, 9.17) is 9.47 Å².